The SMILES string of the molecule is O=C(C1=NN(Cc2ccccc2)C(=O)CC1)N1CCC(c2c[nH]c3ccccc23)CC1. The average Bonchev–Trinajstić information content (AvgIpc) is 3.25. The fourth-order valence-electron chi connectivity index (χ4n) is 4.64. The Bertz CT molecular complexity index is 1130. The summed E-state index contributed by atoms with van der Waals surface area (Å²) in [5.74, 6) is 0.394. The summed E-state index contributed by atoms with van der Waals surface area (Å²) in [4.78, 5) is 30.7. The Kier molecular flexibility index (Phi) is 5.28. The van der Waals surface area contributed by atoms with E-state index in [1.165, 1.54) is 16.0 Å². The van der Waals surface area contributed by atoms with Crippen LogP contribution in [-0.4, -0.2) is 45.5 Å². The van der Waals surface area contributed by atoms with Crippen LogP contribution in [0, 0.1) is 0 Å². The molecule has 3 heterocycles. The number of aromatic nitrogens is 1. The van der Waals surface area contributed by atoms with Crippen molar-refractivity contribution < 1.29 is 9.59 Å². The molecule has 6 nitrogen and oxygen atoms in total. The molecule has 5 rings (SSSR count). The third-order valence-electron chi connectivity index (χ3n) is 6.37. The van der Waals surface area contributed by atoms with Crippen LogP contribution in [0.25, 0.3) is 10.9 Å². The van der Waals surface area contributed by atoms with E-state index in [9.17, 15) is 9.59 Å². The summed E-state index contributed by atoms with van der Waals surface area (Å²) in [7, 11) is 0. The van der Waals surface area contributed by atoms with Crippen molar-refractivity contribution in [1.82, 2.24) is 14.9 Å². The van der Waals surface area contributed by atoms with Gasteiger partial charge in [-0.1, -0.05) is 48.5 Å². The van der Waals surface area contributed by atoms with Crippen LogP contribution in [0.15, 0.2) is 65.9 Å². The first-order chi connectivity index (χ1) is 15.2. The van der Waals surface area contributed by atoms with Gasteiger partial charge in [0.05, 0.1) is 6.54 Å². The van der Waals surface area contributed by atoms with Crippen molar-refractivity contribution in [1.29, 1.82) is 0 Å². The Labute approximate surface area is 181 Å². The minimum atomic E-state index is -0.0292. The molecule has 6 heteroatoms. The van der Waals surface area contributed by atoms with E-state index in [2.05, 4.69) is 34.5 Å². The molecule has 0 saturated carbocycles. The van der Waals surface area contributed by atoms with E-state index in [1.54, 1.807) is 0 Å². The third kappa shape index (κ3) is 3.98. The number of aromatic amines is 1. The van der Waals surface area contributed by atoms with Crippen LogP contribution in [0.3, 0.4) is 0 Å². The molecule has 31 heavy (non-hydrogen) atoms. The van der Waals surface area contributed by atoms with Gasteiger partial charge < -0.3 is 9.88 Å². The number of fused-ring (bicyclic) bond motifs is 1. The van der Waals surface area contributed by atoms with Gasteiger partial charge in [-0.3, -0.25) is 9.59 Å². The first-order valence-electron chi connectivity index (χ1n) is 11.0. The lowest BCUT2D eigenvalue weighted by Crippen LogP contribution is -2.44. The first kappa shape index (κ1) is 19.5. The summed E-state index contributed by atoms with van der Waals surface area (Å²) in [5, 5.41) is 7.17. The number of carbonyl (C=O) groups excluding carboxylic acids is 2. The van der Waals surface area contributed by atoms with Gasteiger partial charge in [0.25, 0.3) is 5.91 Å². The average molecular weight is 415 g/mol. The van der Waals surface area contributed by atoms with Gasteiger partial charge in [-0.2, -0.15) is 5.10 Å². The lowest BCUT2D eigenvalue weighted by Gasteiger charge is -2.33. The Morgan fingerprint density at radius 2 is 1.74 bits per heavy atom. The first-order valence-corrected chi connectivity index (χ1v) is 11.0. The smallest absolute Gasteiger partial charge is 0.270 e. The molecule has 3 aromatic rings. The monoisotopic (exact) mass is 414 g/mol. The molecule has 1 aromatic heterocycles. The quantitative estimate of drug-likeness (QED) is 0.700. The molecule has 0 spiro atoms. The summed E-state index contributed by atoms with van der Waals surface area (Å²) >= 11 is 0. The summed E-state index contributed by atoms with van der Waals surface area (Å²) in [5.41, 5.74) is 4.02. The summed E-state index contributed by atoms with van der Waals surface area (Å²) < 4.78 is 0. The van der Waals surface area contributed by atoms with Crippen LogP contribution >= 0.6 is 0 Å². The second kappa shape index (κ2) is 8.38. The molecule has 2 aliphatic heterocycles. The minimum absolute atomic E-state index is 0.0251. The van der Waals surface area contributed by atoms with Crippen molar-refractivity contribution >= 4 is 28.4 Å². The standard InChI is InChI=1S/C25H26N4O2/c30-24-11-10-23(27-29(24)17-18-6-2-1-3-7-18)25(31)28-14-12-19(13-15-28)21-16-26-22-9-5-4-8-20(21)22/h1-9,16,19,26H,10-15,17H2. The second-order valence-electron chi connectivity index (χ2n) is 8.34. The number of hydrogen-bond donors (Lipinski definition) is 1. The van der Waals surface area contributed by atoms with E-state index in [1.807, 2.05) is 41.3 Å². The maximum absolute atomic E-state index is 13.1. The maximum atomic E-state index is 13.1. The highest BCUT2D eigenvalue weighted by Crippen LogP contribution is 2.33. The van der Waals surface area contributed by atoms with Gasteiger partial charge in [-0.15, -0.1) is 0 Å². The van der Waals surface area contributed by atoms with E-state index in [0.29, 0.717) is 44.1 Å². The van der Waals surface area contributed by atoms with Gasteiger partial charge in [0.1, 0.15) is 5.71 Å². The predicted molar refractivity (Wildman–Crippen MR) is 121 cm³/mol. The highest BCUT2D eigenvalue weighted by Gasteiger charge is 2.31. The number of para-hydroxylation sites is 1. The molecule has 158 valence electrons. The highest BCUT2D eigenvalue weighted by atomic mass is 16.2. The molecular formula is C25H26N4O2. The van der Waals surface area contributed by atoms with E-state index >= 15 is 0 Å². The Morgan fingerprint density at radius 1 is 1.00 bits per heavy atom. The maximum Gasteiger partial charge on any atom is 0.270 e. The number of H-pyrrole nitrogens is 1. The zero-order valence-corrected chi connectivity index (χ0v) is 17.5. The van der Waals surface area contributed by atoms with Gasteiger partial charge in [0.2, 0.25) is 5.91 Å². The van der Waals surface area contributed by atoms with E-state index in [0.717, 1.165) is 23.9 Å². The molecule has 0 atom stereocenters. The molecule has 0 aliphatic carbocycles. The van der Waals surface area contributed by atoms with Crippen LogP contribution in [0.2, 0.25) is 0 Å². The molecule has 2 aromatic carbocycles. The predicted octanol–water partition coefficient (Wildman–Crippen LogP) is 4.05. The number of piperidine rings is 1. The Hall–Kier alpha value is -3.41. The van der Waals surface area contributed by atoms with Gasteiger partial charge in [-0.05, 0) is 36.0 Å². The number of hydrogen-bond acceptors (Lipinski definition) is 3. The molecular weight excluding hydrogens is 388 g/mol. The van der Waals surface area contributed by atoms with Crippen molar-refractivity contribution in [3.8, 4) is 0 Å². The van der Waals surface area contributed by atoms with Crippen molar-refractivity contribution in [2.45, 2.75) is 38.1 Å². The van der Waals surface area contributed by atoms with Gasteiger partial charge in [0.15, 0.2) is 0 Å². The Morgan fingerprint density at radius 3 is 2.55 bits per heavy atom. The van der Waals surface area contributed by atoms with Crippen molar-refractivity contribution in [3.05, 3.63) is 71.9 Å². The number of rotatable bonds is 4. The number of nitrogens with zero attached hydrogens (tertiary/aromatic N) is 3. The summed E-state index contributed by atoms with van der Waals surface area (Å²) in [6.45, 7) is 1.84. The normalized spacial score (nSPS) is 17.8. The summed E-state index contributed by atoms with van der Waals surface area (Å²) in [6.07, 6.45) is 4.75. The van der Waals surface area contributed by atoms with Crippen LogP contribution in [-0.2, 0) is 16.1 Å². The molecule has 1 saturated heterocycles. The molecule has 0 bridgehead atoms. The van der Waals surface area contributed by atoms with E-state index in [4.69, 9.17) is 0 Å². The Balaban J connectivity index is 1.25. The number of nitrogens with one attached hydrogen (secondary N) is 1. The van der Waals surface area contributed by atoms with Gasteiger partial charge in [0, 0.05) is 43.0 Å². The fourth-order valence-corrected chi connectivity index (χ4v) is 4.64. The number of amides is 2. The van der Waals surface area contributed by atoms with Gasteiger partial charge in [-0.25, -0.2) is 5.01 Å². The van der Waals surface area contributed by atoms with Crippen LogP contribution in [0.4, 0.5) is 0 Å². The van der Waals surface area contributed by atoms with Gasteiger partial charge >= 0.3 is 0 Å². The van der Waals surface area contributed by atoms with E-state index < -0.39 is 0 Å². The zero-order chi connectivity index (χ0) is 21.2. The third-order valence-corrected chi connectivity index (χ3v) is 6.37. The van der Waals surface area contributed by atoms with Crippen LogP contribution < -0.4 is 0 Å². The molecule has 1 fully saturated rings. The lowest BCUT2D eigenvalue weighted by molar-refractivity contribution is -0.132. The molecule has 0 radical (unpaired) electrons. The lowest BCUT2D eigenvalue weighted by atomic mass is 9.89. The number of likely N-dealkylation sites (tertiary alicyclic amines) is 1. The molecule has 2 amide bonds. The fraction of sp³-hybridized carbons (Fsp3) is 0.320. The molecule has 2 aliphatic rings. The topological polar surface area (TPSA) is 68.8 Å². The number of carbonyl (C=O) groups is 2. The van der Waals surface area contributed by atoms with Crippen LogP contribution in [0.1, 0.15) is 42.7 Å². The summed E-state index contributed by atoms with van der Waals surface area (Å²) in [6, 6.07) is 18.1. The molecule has 1 N–H and O–H groups in total. The second-order valence-corrected chi connectivity index (χ2v) is 8.34. The largest absolute Gasteiger partial charge is 0.361 e. The van der Waals surface area contributed by atoms with E-state index in [-0.39, 0.29) is 11.8 Å². The zero-order valence-electron chi connectivity index (χ0n) is 17.5. The molecule has 0 unspecified atom stereocenters. The highest BCUT2D eigenvalue weighted by molar-refractivity contribution is 6.39. The van der Waals surface area contributed by atoms with Crippen molar-refractivity contribution in [2.24, 2.45) is 5.10 Å². The van der Waals surface area contributed by atoms with Crippen LogP contribution in [0.5, 0.6) is 0 Å². The van der Waals surface area contributed by atoms with Crippen molar-refractivity contribution in [3.63, 3.8) is 0 Å². The minimum Gasteiger partial charge on any atom is -0.361 e. The van der Waals surface area contributed by atoms with Crippen molar-refractivity contribution in [2.75, 3.05) is 13.1 Å². The number of hydrazone groups is 1. The number of benzene rings is 2.